The molecule has 0 aliphatic carbocycles. The number of esters is 1. The van der Waals surface area contributed by atoms with E-state index in [9.17, 15) is 9.59 Å². The van der Waals surface area contributed by atoms with E-state index in [0.29, 0.717) is 4.88 Å². The summed E-state index contributed by atoms with van der Waals surface area (Å²) in [5.74, 6) is -1.43. The lowest BCUT2D eigenvalue weighted by Gasteiger charge is -1.97. The Kier molecular flexibility index (Phi) is 3.40. The van der Waals surface area contributed by atoms with Crippen LogP contribution in [-0.2, 0) is 9.53 Å². The van der Waals surface area contributed by atoms with E-state index in [2.05, 4.69) is 11.3 Å². The van der Waals surface area contributed by atoms with Gasteiger partial charge in [0.2, 0.25) is 0 Å². The Bertz CT molecular complexity index is 314. The van der Waals surface area contributed by atoms with E-state index in [-0.39, 0.29) is 6.61 Å². The minimum atomic E-state index is -0.831. The fourth-order valence-electron chi connectivity index (χ4n) is 0.709. The summed E-state index contributed by atoms with van der Waals surface area (Å²) in [6, 6.07) is 3.29. The van der Waals surface area contributed by atoms with Crippen LogP contribution < -0.4 is 0 Å². The largest absolute Gasteiger partial charge is 0.455 e. The second-order valence-electron chi connectivity index (χ2n) is 2.19. The number of hydrogen-bond donors (Lipinski definition) is 0. The van der Waals surface area contributed by atoms with Gasteiger partial charge in [-0.3, -0.25) is 4.79 Å². The monoisotopic (exact) mass is 196 g/mol. The van der Waals surface area contributed by atoms with Gasteiger partial charge in [0, 0.05) is 0 Å². The summed E-state index contributed by atoms with van der Waals surface area (Å²) in [5.41, 5.74) is 0. The highest BCUT2D eigenvalue weighted by atomic mass is 32.1. The molecule has 1 heterocycles. The zero-order valence-corrected chi connectivity index (χ0v) is 7.67. The Labute approximate surface area is 79.6 Å². The van der Waals surface area contributed by atoms with Gasteiger partial charge >= 0.3 is 5.97 Å². The van der Waals surface area contributed by atoms with Crippen molar-refractivity contribution in [1.29, 1.82) is 0 Å². The van der Waals surface area contributed by atoms with Crippen molar-refractivity contribution in [1.82, 2.24) is 0 Å². The Morgan fingerprint density at radius 2 is 2.38 bits per heavy atom. The van der Waals surface area contributed by atoms with Crippen LogP contribution in [0, 0.1) is 0 Å². The van der Waals surface area contributed by atoms with Crippen LogP contribution in [0.1, 0.15) is 9.67 Å². The summed E-state index contributed by atoms with van der Waals surface area (Å²) < 4.78 is 4.58. The molecule has 0 saturated carbocycles. The molecule has 0 bridgehead atoms. The molecular formula is C9H8O3S. The molecule has 0 saturated heterocycles. The first-order valence-electron chi connectivity index (χ1n) is 3.61. The highest BCUT2D eigenvalue weighted by Gasteiger charge is 2.17. The molecule has 0 aliphatic rings. The highest BCUT2D eigenvalue weighted by Crippen LogP contribution is 2.09. The van der Waals surface area contributed by atoms with Crippen molar-refractivity contribution in [2.45, 2.75) is 0 Å². The fraction of sp³-hybridized carbons (Fsp3) is 0.111. The first kappa shape index (κ1) is 9.67. The van der Waals surface area contributed by atoms with Gasteiger partial charge in [0.05, 0.1) is 4.88 Å². The molecule has 0 N–H and O–H groups in total. The molecule has 0 spiro atoms. The lowest BCUT2D eigenvalue weighted by Crippen LogP contribution is -2.16. The van der Waals surface area contributed by atoms with Crippen LogP contribution >= 0.6 is 11.3 Å². The van der Waals surface area contributed by atoms with Gasteiger partial charge in [-0.15, -0.1) is 11.3 Å². The maximum Gasteiger partial charge on any atom is 0.380 e. The second kappa shape index (κ2) is 4.57. The van der Waals surface area contributed by atoms with Crippen molar-refractivity contribution < 1.29 is 14.3 Å². The van der Waals surface area contributed by atoms with Crippen LogP contribution in [0.5, 0.6) is 0 Å². The van der Waals surface area contributed by atoms with Crippen LogP contribution in [0.3, 0.4) is 0 Å². The van der Waals surface area contributed by atoms with Crippen molar-refractivity contribution >= 4 is 23.1 Å². The average Bonchev–Trinajstić information content (AvgIpc) is 2.65. The molecular weight excluding hydrogens is 188 g/mol. The second-order valence-corrected chi connectivity index (χ2v) is 3.14. The summed E-state index contributed by atoms with van der Waals surface area (Å²) in [6.45, 7) is 3.43. The minimum Gasteiger partial charge on any atom is -0.455 e. The lowest BCUT2D eigenvalue weighted by molar-refractivity contribution is -0.136. The molecule has 0 aliphatic heterocycles. The van der Waals surface area contributed by atoms with Gasteiger partial charge in [0.25, 0.3) is 5.78 Å². The van der Waals surface area contributed by atoms with E-state index in [1.807, 2.05) is 0 Å². The van der Waals surface area contributed by atoms with Crippen molar-refractivity contribution in [3.05, 3.63) is 35.0 Å². The molecule has 0 radical (unpaired) electrons. The maximum absolute atomic E-state index is 11.2. The Morgan fingerprint density at radius 1 is 1.62 bits per heavy atom. The van der Waals surface area contributed by atoms with Gasteiger partial charge in [-0.25, -0.2) is 4.79 Å². The normalized spacial score (nSPS) is 9.23. The number of ether oxygens (including phenoxy) is 1. The summed E-state index contributed by atoms with van der Waals surface area (Å²) in [7, 11) is 0. The fourth-order valence-corrected chi connectivity index (χ4v) is 1.36. The van der Waals surface area contributed by atoms with Crippen LogP contribution in [0.25, 0.3) is 0 Å². The summed E-state index contributed by atoms with van der Waals surface area (Å²) in [6.07, 6.45) is 1.42. The number of rotatable bonds is 4. The smallest absolute Gasteiger partial charge is 0.380 e. The zero-order chi connectivity index (χ0) is 9.68. The molecule has 4 heteroatoms. The van der Waals surface area contributed by atoms with E-state index in [4.69, 9.17) is 0 Å². The zero-order valence-electron chi connectivity index (χ0n) is 6.86. The first-order valence-corrected chi connectivity index (χ1v) is 4.49. The maximum atomic E-state index is 11.2. The van der Waals surface area contributed by atoms with Gasteiger partial charge < -0.3 is 4.74 Å². The number of thiophene rings is 1. The van der Waals surface area contributed by atoms with Gasteiger partial charge in [-0.1, -0.05) is 18.7 Å². The molecule has 0 atom stereocenters. The molecule has 13 heavy (non-hydrogen) atoms. The summed E-state index contributed by atoms with van der Waals surface area (Å²) >= 11 is 1.22. The Morgan fingerprint density at radius 3 is 2.92 bits per heavy atom. The van der Waals surface area contributed by atoms with Gasteiger partial charge in [0.15, 0.2) is 0 Å². The van der Waals surface area contributed by atoms with Gasteiger partial charge in [-0.05, 0) is 11.4 Å². The SMILES string of the molecule is C=CCOC(=O)C(=O)c1cccs1. The quantitative estimate of drug-likeness (QED) is 0.318. The third-order valence-electron chi connectivity index (χ3n) is 1.26. The lowest BCUT2D eigenvalue weighted by atomic mass is 10.3. The van der Waals surface area contributed by atoms with E-state index in [1.54, 1.807) is 17.5 Å². The Hall–Kier alpha value is -1.42. The number of hydrogen-bond acceptors (Lipinski definition) is 4. The third kappa shape index (κ3) is 2.52. The highest BCUT2D eigenvalue weighted by molar-refractivity contribution is 7.12. The van der Waals surface area contributed by atoms with E-state index in [0.717, 1.165) is 0 Å². The molecule has 0 fully saturated rings. The number of Topliss-reactive ketones (excluding diaryl/α,β-unsaturated/α-hetero) is 1. The third-order valence-corrected chi connectivity index (χ3v) is 2.13. The van der Waals surface area contributed by atoms with Crippen LogP contribution in [0.2, 0.25) is 0 Å². The van der Waals surface area contributed by atoms with Gasteiger partial charge in [0.1, 0.15) is 6.61 Å². The number of ketones is 1. The van der Waals surface area contributed by atoms with Crippen LogP contribution in [0.4, 0.5) is 0 Å². The molecule has 0 amide bonds. The summed E-state index contributed by atoms with van der Waals surface area (Å²) in [4.78, 5) is 22.6. The molecule has 0 unspecified atom stereocenters. The average molecular weight is 196 g/mol. The topological polar surface area (TPSA) is 43.4 Å². The number of carbonyl (C=O) groups is 2. The predicted octanol–water partition coefficient (Wildman–Crippen LogP) is 1.66. The van der Waals surface area contributed by atoms with Crippen molar-refractivity contribution in [3.8, 4) is 0 Å². The first-order chi connectivity index (χ1) is 6.25. The van der Waals surface area contributed by atoms with E-state index >= 15 is 0 Å². The van der Waals surface area contributed by atoms with Crippen molar-refractivity contribution in [2.75, 3.05) is 6.61 Å². The van der Waals surface area contributed by atoms with Crippen LogP contribution in [-0.4, -0.2) is 18.4 Å². The Balaban J connectivity index is 2.58. The van der Waals surface area contributed by atoms with Crippen molar-refractivity contribution in [2.24, 2.45) is 0 Å². The molecule has 0 aromatic carbocycles. The van der Waals surface area contributed by atoms with E-state index < -0.39 is 11.8 Å². The standard InChI is InChI=1S/C9H8O3S/c1-2-5-12-9(11)8(10)7-4-3-6-13-7/h2-4,6H,1,5H2. The van der Waals surface area contributed by atoms with E-state index in [1.165, 1.54) is 17.4 Å². The molecule has 1 aromatic heterocycles. The molecule has 68 valence electrons. The molecule has 1 rings (SSSR count). The number of carbonyl (C=O) groups excluding carboxylic acids is 2. The van der Waals surface area contributed by atoms with Crippen molar-refractivity contribution in [3.63, 3.8) is 0 Å². The predicted molar refractivity (Wildman–Crippen MR) is 49.8 cm³/mol. The minimum absolute atomic E-state index is 0.0654. The van der Waals surface area contributed by atoms with Crippen LogP contribution in [0.15, 0.2) is 30.2 Å². The molecule has 3 nitrogen and oxygen atoms in total. The van der Waals surface area contributed by atoms with Gasteiger partial charge in [-0.2, -0.15) is 0 Å². The summed E-state index contributed by atoms with van der Waals surface area (Å²) in [5, 5.41) is 1.73. The molecule has 1 aromatic rings.